The number of imide groups is 1. The number of hydrogen-bond donors (Lipinski definition) is 1. The zero-order chi connectivity index (χ0) is 20.4. The fourth-order valence-corrected chi connectivity index (χ4v) is 4.09. The van der Waals surface area contributed by atoms with Gasteiger partial charge >= 0.3 is 6.03 Å². The van der Waals surface area contributed by atoms with Gasteiger partial charge in [0.2, 0.25) is 0 Å². The number of rotatable bonds is 6. The van der Waals surface area contributed by atoms with Crippen LogP contribution in [0.4, 0.5) is 4.79 Å². The molecule has 0 saturated carbocycles. The highest BCUT2D eigenvalue weighted by atomic mass is 16.3. The molecule has 152 valence electrons. The second kappa shape index (κ2) is 8.35. The Labute approximate surface area is 171 Å². The molecule has 6 heteroatoms. The monoisotopic (exact) mass is 393 g/mol. The second-order valence-corrected chi connectivity index (χ2v) is 8.04. The van der Waals surface area contributed by atoms with Gasteiger partial charge in [0, 0.05) is 19.6 Å². The minimum absolute atomic E-state index is 0.0323. The number of aliphatic hydroxyl groups excluding tert-OH is 1. The van der Waals surface area contributed by atoms with Crippen molar-refractivity contribution in [1.82, 2.24) is 14.7 Å². The molecule has 0 aromatic heterocycles. The maximum atomic E-state index is 12.7. The van der Waals surface area contributed by atoms with E-state index in [0.29, 0.717) is 6.54 Å². The lowest BCUT2D eigenvalue weighted by Crippen LogP contribution is -2.43. The molecule has 0 spiro atoms. The van der Waals surface area contributed by atoms with Crippen LogP contribution in [0.3, 0.4) is 0 Å². The van der Waals surface area contributed by atoms with Crippen molar-refractivity contribution in [3.8, 4) is 0 Å². The highest BCUT2D eigenvalue weighted by Crippen LogP contribution is 2.20. The van der Waals surface area contributed by atoms with Crippen molar-refractivity contribution in [3.63, 3.8) is 0 Å². The zero-order valence-electron chi connectivity index (χ0n) is 16.8. The minimum Gasteiger partial charge on any atom is -0.390 e. The van der Waals surface area contributed by atoms with Gasteiger partial charge in [0.25, 0.3) is 5.91 Å². The normalized spacial score (nSPS) is 18.3. The number of aryl methyl sites for hydroxylation is 1. The van der Waals surface area contributed by atoms with Gasteiger partial charge in [-0.3, -0.25) is 14.6 Å². The summed E-state index contributed by atoms with van der Waals surface area (Å²) < 4.78 is 0. The fourth-order valence-electron chi connectivity index (χ4n) is 4.09. The molecule has 1 saturated heterocycles. The summed E-state index contributed by atoms with van der Waals surface area (Å²) in [4.78, 5) is 30.0. The Bertz CT molecular complexity index is 896. The Hall–Kier alpha value is -2.70. The van der Waals surface area contributed by atoms with Crippen molar-refractivity contribution >= 4 is 11.9 Å². The summed E-state index contributed by atoms with van der Waals surface area (Å²) in [6.45, 7) is 4.66. The van der Waals surface area contributed by atoms with E-state index >= 15 is 0 Å². The van der Waals surface area contributed by atoms with Gasteiger partial charge in [-0.05, 0) is 30.0 Å². The number of fused-ring (bicyclic) bond motifs is 1. The minimum atomic E-state index is -0.684. The highest BCUT2D eigenvalue weighted by molar-refractivity contribution is 6.01. The van der Waals surface area contributed by atoms with Gasteiger partial charge in [-0.25, -0.2) is 4.79 Å². The summed E-state index contributed by atoms with van der Waals surface area (Å²) in [6, 6.07) is 15.9. The highest BCUT2D eigenvalue weighted by Gasteiger charge is 2.37. The van der Waals surface area contributed by atoms with Gasteiger partial charge in [0.05, 0.1) is 19.2 Å². The lowest BCUT2D eigenvalue weighted by atomic mass is 10.00. The average Bonchev–Trinajstić information content (AvgIpc) is 2.96. The number of nitrogens with zero attached hydrogens (tertiary/aromatic N) is 3. The van der Waals surface area contributed by atoms with Gasteiger partial charge in [-0.1, -0.05) is 54.1 Å². The Morgan fingerprint density at radius 2 is 1.69 bits per heavy atom. The molecule has 29 heavy (non-hydrogen) atoms. The van der Waals surface area contributed by atoms with Crippen LogP contribution in [0.15, 0.2) is 48.5 Å². The van der Waals surface area contributed by atoms with E-state index in [4.69, 9.17) is 0 Å². The van der Waals surface area contributed by atoms with E-state index in [1.165, 1.54) is 20.9 Å². The molecule has 1 unspecified atom stereocenters. The Morgan fingerprint density at radius 3 is 2.45 bits per heavy atom. The fraction of sp³-hybridized carbons (Fsp3) is 0.391. The first-order valence-electron chi connectivity index (χ1n) is 10.1. The average molecular weight is 393 g/mol. The summed E-state index contributed by atoms with van der Waals surface area (Å²) in [5, 5.41) is 10.6. The molecular formula is C23H27N3O3. The van der Waals surface area contributed by atoms with Gasteiger partial charge in [0.1, 0.15) is 6.54 Å². The molecule has 3 amide bonds. The number of carbonyl (C=O) groups is 2. The van der Waals surface area contributed by atoms with Gasteiger partial charge < -0.3 is 10.0 Å². The Morgan fingerprint density at radius 1 is 0.966 bits per heavy atom. The molecular weight excluding hydrogens is 366 g/mol. The van der Waals surface area contributed by atoms with Crippen molar-refractivity contribution in [2.24, 2.45) is 0 Å². The third-order valence-corrected chi connectivity index (χ3v) is 5.70. The van der Waals surface area contributed by atoms with Crippen LogP contribution in [0, 0.1) is 6.92 Å². The molecule has 1 N–H and O–H groups in total. The van der Waals surface area contributed by atoms with Gasteiger partial charge in [-0.15, -0.1) is 0 Å². The van der Waals surface area contributed by atoms with Crippen LogP contribution in [0.5, 0.6) is 0 Å². The molecule has 0 radical (unpaired) electrons. The molecule has 1 atom stereocenters. The van der Waals surface area contributed by atoms with Crippen molar-refractivity contribution in [1.29, 1.82) is 0 Å². The van der Waals surface area contributed by atoms with E-state index in [0.717, 1.165) is 30.6 Å². The van der Waals surface area contributed by atoms with Crippen LogP contribution >= 0.6 is 0 Å². The standard InChI is InChI=1S/C23H27N3O3/c1-17-6-8-18(9-7-17)12-26-22(28)16-25(23(26)29)15-21(27)14-24-11-10-19-4-2-3-5-20(19)13-24/h2-9,21,27H,10-16H2,1H3. The molecule has 2 aliphatic heterocycles. The maximum absolute atomic E-state index is 12.7. The van der Waals surface area contributed by atoms with E-state index in [2.05, 4.69) is 23.1 Å². The maximum Gasteiger partial charge on any atom is 0.327 e. The lowest BCUT2D eigenvalue weighted by molar-refractivity contribution is -0.125. The smallest absolute Gasteiger partial charge is 0.327 e. The van der Waals surface area contributed by atoms with Crippen LogP contribution in [0.2, 0.25) is 0 Å². The summed E-state index contributed by atoms with van der Waals surface area (Å²) in [6.07, 6.45) is 0.283. The molecule has 2 aliphatic rings. The van der Waals surface area contributed by atoms with Crippen molar-refractivity contribution in [2.45, 2.75) is 32.5 Å². The topological polar surface area (TPSA) is 64.1 Å². The summed E-state index contributed by atoms with van der Waals surface area (Å²) >= 11 is 0. The van der Waals surface area contributed by atoms with Crippen LogP contribution < -0.4 is 0 Å². The number of urea groups is 1. The van der Waals surface area contributed by atoms with Crippen LogP contribution in [0.1, 0.15) is 22.3 Å². The van der Waals surface area contributed by atoms with Gasteiger partial charge in [-0.2, -0.15) is 0 Å². The number of hydrogen-bond acceptors (Lipinski definition) is 4. The SMILES string of the molecule is Cc1ccc(CN2C(=O)CN(CC(O)CN3CCc4ccccc4C3)C2=O)cc1. The molecule has 0 aliphatic carbocycles. The zero-order valence-corrected chi connectivity index (χ0v) is 16.8. The summed E-state index contributed by atoms with van der Waals surface area (Å²) in [7, 11) is 0. The van der Waals surface area contributed by atoms with Crippen LogP contribution in [-0.2, 0) is 24.3 Å². The Balaban J connectivity index is 1.32. The number of carbonyl (C=O) groups excluding carboxylic acids is 2. The first-order chi connectivity index (χ1) is 14.0. The van der Waals surface area contributed by atoms with E-state index in [-0.39, 0.29) is 31.6 Å². The predicted molar refractivity (Wildman–Crippen MR) is 110 cm³/mol. The van der Waals surface area contributed by atoms with E-state index in [1.54, 1.807) is 0 Å². The first kappa shape index (κ1) is 19.6. The molecule has 4 rings (SSSR count). The third-order valence-electron chi connectivity index (χ3n) is 5.70. The molecule has 1 fully saturated rings. The predicted octanol–water partition coefficient (Wildman–Crippen LogP) is 2.18. The molecule has 6 nitrogen and oxygen atoms in total. The van der Waals surface area contributed by atoms with Gasteiger partial charge in [0.15, 0.2) is 0 Å². The van der Waals surface area contributed by atoms with E-state index < -0.39 is 6.10 Å². The quantitative estimate of drug-likeness (QED) is 0.764. The number of β-amino-alcohol motifs (C(OH)–C–C–N with tert-alkyl or cyclic N) is 1. The molecule has 2 aromatic carbocycles. The van der Waals surface area contributed by atoms with Crippen molar-refractivity contribution in [2.75, 3.05) is 26.2 Å². The third kappa shape index (κ3) is 4.49. The largest absolute Gasteiger partial charge is 0.390 e. The summed E-state index contributed by atoms with van der Waals surface area (Å²) in [5.74, 6) is -0.213. The van der Waals surface area contributed by atoms with Crippen LogP contribution in [-0.4, -0.2) is 64.0 Å². The second-order valence-electron chi connectivity index (χ2n) is 8.04. The first-order valence-corrected chi connectivity index (χ1v) is 10.1. The number of amides is 3. The molecule has 2 heterocycles. The molecule has 2 aromatic rings. The number of aliphatic hydroxyl groups is 1. The van der Waals surface area contributed by atoms with E-state index in [9.17, 15) is 14.7 Å². The van der Waals surface area contributed by atoms with Crippen molar-refractivity contribution in [3.05, 3.63) is 70.8 Å². The lowest BCUT2D eigenvalue weighted by Gasteiger charge is -2.31. The molecule has 0 bridgehead atoms. The summed E-state index contributed by atoms with van der Waals surface area (Å²) in [5.41, 5.74) is 4.72. The van der Waals surface area contributed by atoms with Crippen molar-refractivity contribution < 1.29 is 14.7 Å². The number of benzene rings is 2. The van der Waals surface area contributed by atoms with Crippen LogP contribution in [0.25, 0.3) is 0 Å². The van der Waals surface area contributed by atoms with E-state index in [1.807, 2.05) is 37.3 Å². The Kier molecular flexibility index (Phi) is 5.65.